The quantitative estimate of drug-likeness (QED) is 0.423. The highest BCUT2D eigenvalue weighted by molar-refractivity contribution is 7.21. The zero-order valence-electron chi connectivity index (χ0n) is 7.71. The minimum absolute atomic E-state index is 0.500. The summed E-state index contributed by atoms with van der Waals surface area (Å²) in [6.45, 7) is 0. The van der Waals surface area contributed by atoms with E-state index in [-0.39, 0.29) is 0 Å². The lowest BCUT2D eigenvalue weighted by Crippen LogP contribution is -2.45. The van der Waals surface area contributed by atoms with Gasteiger partial charge in [0.1, 0.15) is 5.52 Å². The van der Waals surface area contributed by atoms with Crippen molar-refractivity contribution in [1.82, 2.24) is 9.97 Å². The smallest absolute Gasteiger partial charge is 0.308 e. The Hall–Kier alpha value is -1.95. The van der Waals surface area contributed by atoms with E-state index >= 15 is 0 Å². The average molecular weight is 218 g/mol. The van der Waals surface area contributed by atoms with Gasteiger partial charge in [-0.1, -0.05) is 17.1 Å². The van der Waals surface area contributed by atoms with Crippen molar-refractivity contribution in [3.05, 3.63) is 24.3 Å². The molecule has 0 aliphatic carbocycles. The third kappa shape index (κ3) is 1.11. The molecule has 0 unspecified atom stereocenters. The number of rotatable bonds is 0. The van der Waals surface area contributed by atoms with E-state index < -0.39 is 0 Å². The first kappa shape index (κ1) is 8.37. The van der Waals surface area contributed by atoms with Gasteiger partial charge in [0.2, 0.25) is 4.83 Å². The molecule has 6 heteroatoms. The van der Waals surface area contributed by atoms with Crippen LogP contribution in [0.4, 0.5) is 5.13 Å². The molecule has 0 radical (unpaired) electrons. The van der Waals surface area contributed by atoms with Crippen LogP contribution >= 0.6 is 11.3 Å². The second kappa shape index (κ2) is 2.77. The van der Waals surface area contributed by atoms with Gasteiger partial charge in [-0.25, -0.2) is 4.98 Å². The Bertz CT molecular complexity index is 660. The summed E-state index contributed by atoms with van der Waals surface area (Å²) in [4.78, 5) is 9.60. The highest BCUT2D eigenvalue weighted by atomic mass is 32.1. The topological polar surface area (TPSA) is 81.7 Å². The van der Waals surface area contributed by atoms with Gasteiger partial charge in [0, 0.05) is 0 Å². The molecule has 0 bridgehead atoms. The number of fused-ring (bicyclic) bond motifs is 2. The van der Waals surface area contributed by atoms with Crippen LogP contribution in [0, 0.1) is 0 Å². The van der Waals surface area contributed by atoms with E-state index in [0.717, 1.165) is 15.9 Å². The zero-order chi connectivity index (χ0) is 10.4. The van der Waals surface area contributed by atoms with E-state index in [0.29, 0.717) is 10.8 Å². The van der Waals surface area contributed by atoms with Gasteiger partial charge < -0.3 is 5.73 Å². The highest BCUT2D eigenvalue weighted by Crippen LogP contribution is 2.20. The first-order valence-corrected chi connectivity index (χ1v) is 5.19. The van der Waals surface area contributed by atoms with E-state index in [2.05, 4.69) is 9.97 Å². The van der Waals surface area contributed by atoms with Gasteiger partial charge in [0.15, 0.2) is 5.52 Å². The summed E-state index contributed by atoms with van der Waals surface area (Å²) >= 11 is 1.34. The number of anilines is 1. The van der Waals surface area contributed by atoms with Crippen LogP contribution in [0.5, 0.6) is 0 Å². The molecule has 74 valence electrons. The summed E-state index contributed by atoms with van der Waals surface area (Å²) in [5, 5.41) is 0.500. The molecular formula is C9H8N5S+. The lowest BCUT2D eigenvalue weighted by atomic mass is 10.3. The maximum absolute atomic E-state index is 5.73. The summed E-state index contributed by atoms with van der Waals surface area (Å²) in [5.74, 6) is 5.73. The number of aromatic nitrogens is 3. The monoisotopic (exact) mass is 218 g/mol. The van der Waals surface area contributed by atoms with Crippen LogP contribution in [0.3, 0.4) is 0 Å². The standard InChI is InChI=1S/C9H7N5S/c10-9-14(11)7-8(15-9)13-6-4-2-1-3-5(6)12-7/h1-4,10H,11H2/p+1. The molecule has 0 saturated heterocycles. The van der Waals surface area contributed by atoms with Crippen LogP contribution in [0.2, 0.25) is 0 Å². The molecule has 1 aromatic carbocycles. The van der Waals surface area contributed by atoms with Crippen molar-refractivity contribution in [1.29, 1.82) is 0 Å². The largest absolute Gasteiger partial charge is 0.322 e. The first-order valence-electron chi connectivity index (χ1n) is 4.37. The van der Waals surface area contributed by atoms with E-state index in [9.17, 15) is 0 Å². The van der Waals surface area contributed by atoms with Gasteiger partial charge in [-0.15, -0.1) is 4.68 Å². The van der Waals surface area contributed by atoms with Gasteiger partial charge in [-0.3, -0.25) is 5.84 Å². The fourth-order valence-electron chi connectivity index (χ4n) is 1.45. The minimum atomic E-state index is 0.500. The molecule has 0 saturated carbocycles. The third-order valence-electron chi connectivity index (χ3n) is 2.19. The maximum Gasteiger partial charge on any atom is 0.322 e. The number of nitrogens with zero attached hydrogens (tertiary/aromatic N) is 3. The minimum Gasteiger partial charge on any atom is -0.308 e. The molecule has 0 fully saturated rings. The molecule has 0 aliphatic heterocycles. The van der Waals surface area contributed by atoms with Crippen LogP contribution < -0.4 is 16.3 Å². The predicted octanol–water partition coefficient (Wildman–Crippen LogP) is 0.428. The van der Waals surface area contributed by atoms with Crippen molar-refractivity contribution in [2.75, 3.05) is 11.6 Å². The number of thiazole rings is 1. The van der Waals surface area contributed by atoms with E-state index in [1.54, 1.807) is 0 Å². The Labute approximate surface area is 89.0 Å². The maximum atomic E-state index is 5.73. The summed E-state index contributed by atoms with van der Waals surface area (Å²) in [6.07, 6.45) is 0. The predicted molar refractivity (Wildman–Crippen MR) is 59.7 cm³/mol. The lowest BCUT2D eigenvalue weighted by Gasteiger charge is -1.91. The second-order valence-corrected chi connectivity index (χ2v) is 4.16. The fourth-order valence-corrected chi connectivity index (χ4v) is 2.21. The van der Waals surface area contributed by atoms with E-state index in [1.165, 1.54) is 16.0 Å². The number of hydrogen-bond donors (Lipinski definition) is 2. The number of hydrogen-bond acceptors (Lipinski definition) is 5. The van der Waals surface area contributed by atoms with Crippen molar-refractivity contribution in [2.45, 2.75) is 0 Å². The fraction of sp³-hybridized carbons (Fsp3) is 0. The zero-order valence-corrected chi connectivity index (χ0v) is 8.53. The normalized spacial score (nSPS) is 11.2. The SMILES string of the molecule is Nc1sc2nc3ccccc3nc2[n+]1N. The van der Waals surface area contributed by atoms with Gasteiger partial charge in [-0.2, -0.15) is 0 Å². The molecule has 2 aromatic heterocycles. The van der Waals surface area contributed by atoms with Crippen molar-refractivity contribution < 1.29 is 4.68 Å². The summed E-state index contributed by atoms with van der Waals surface area (Å²) in [5.41, 5.74) is 7.99. The van der Waals surface area contributed by atoms with Crippen LogP contribution in [-0.2, 0) is 0 Å². The molecular weight excluding hydrogens is 210 g/mol. The molecule has 0 spiro atoms. The Morgan fingerprint density at radius 1 is 1.13 bits per heavy atom. The van der Waals surface area contributed by atoms with Crippen molar-refractivity contribution in [2.24, 2.45) is 0 Å². The first-order chi connectivity index (χ1) is 7.25. The van der Waals surface area contributed by atoms with Gasteiger partial charge >= 0.3 is 10.8 Å². The molecule has 0 amide bonds. The number of nitrogens with two attached hydrogens (primary N) is 2. The van der Waals surface area contributed by atoms with E-state index in [1.807, 2.05) is 24.3 Å². The van der Waals surface area contributed by atoms with Crippen molar-refractivity contribution in [3.63, 3.8) is 0 Å². The second-order valence-electron chi connectivity index (χ2n) is 3.15. The summed E-state index contributed by atoms with van der Waals surface area (Å²) < 4.78 is 1.36. The molecule has 5 nitrogen and oxygen atoms in total. The molecule has 0 aliphatic rings. The lowest BCUT2D eigenvalue weighted by molar-refractivity contribution is -0.594. The molecule has 3 rings (SSSR count). The van der Waals surface area contributed by atoms with Crippen LogP contribution in [0.25, 0.3) is 21.5 Å². The van der Waals surface area contributed by atoms with Crippen LogP contribution in [-0.4, -0.2) is 9.97 Å². The summed E-state index contributed by atoms with van der Waals surface area (Å²) in [6, 6.07) is 7.66. The average Bonchev–Trinajstić information content (AvgIpc) is 2.52. The van der Waals surface area contributed by atoms with Crippen LogP contribution in [0.1, 0.15) is 0 Å². The number of nitrogen functional groups attached to an aromatic ring is 2. The van der Waals surface area contributed by atoms with Gasteiger partial charge in [0.05, 0.1) is 0 Å². The summed E-state index contributed by atoms with van der Waals surface area (Å²) in [7, 11) is 0. The van der Waals surface area contributed by atoms with Crippen LogP contribution in [0.15, 0.2) is 24.3 Å². The highest BCUT2D eigenvalue weighted by Gasteiger charge is 2.16. The van der Waals surface area contributed by atoms with Gasteiger partial charge in [-0.05, 0) is 23.5 Å². The molecule has 15 heavy (non-hydrogen) atoms. The Kier molecular flexibility index (Phi) is 1.54. The Balaban J connectivity index is 2.53. The number of benzene rings is 1. The molecule has 4 N–H and O–H groups in total. The third-order valence-corrected chi connectivity index (χ3v) is 3.06. The van der Waals surface area contributed by atoms with E-state index in [4.69, 9.17) is 11.6 Å². The van der Waals surface area contributed by atoms with Crippen molar-refractivity contribution in [3.8, 4) is 0 Å². The molecule has 3 aromatic rings. The van der Waals surface area contributed by atoms with Gasteiger partial charge in [0.25, 0.3) is 0 Å². The Morgan fingerprint density at radius 2 is 1.80 bits per heavy atom. The number of para-hydroxylation sites is 2. The van der Waals surface area contributed by atoms with Crippen molar-refractivity contribution >= 4 is 38.0 Å². The molecule has 2 heterocycles. The Morgan fingerprint density at radius 3 is 2.53 bits per heavy atom. The molecule has 0 atom stereocenters.